The first-order valence-corrected chi connectivity index (χ1v) is 6.32. The minimum absolute atomic E-state index is 0.223. The summed E-state index contributed by atoms with van der Waals surface area (Å²) in [4.78, 5) is 0. The van der Waals surface area contributed by atoms with Crippen molar-refractivity contribution in [3.8, 4) is 0 Å². The summed E-state index contributed by atoms with van der Waals surface area (Å²) >= 11 is 0. The van der Waals surface area contributed by atoms with E-state index < -0.39 is 10.0 Å². The monoisotopic (exact) mass is 225 g/mol. The molecule has 0 radical (unpaired) electrons. The maximum Gasteiger partial charge on any atom is 0.209 e. The Bertz CT molecular complexity index is 541. The number of fused-ring (bicyclic) bond motifs is 1. The molecule has 0 aliphatic rings. The van der Waals surface area contributed by atoms with Gasteiger partial charge in [-0.05, 0) is 18.2 Å². The highest BCUT2D eigenvalue weighted by Gasteiger charge is 2.04. The van der Waals surface area contributed by atoms with Gasteiger partial charge in [0, 0.05) is 6.20 Å². The molecule has 5 nitrogen and oxygen atoms in total. The highest BCUT2D eigenvalue weighted by atomic mass is 32.2. The minimum Gasteiger partial charge on any atom is -0.241 e. The molecule has 2 heterocycles. The van der Waals surface area contributed by atoms with Crippen molar-refractivity contribution in [2.45, 2.75) is 6.54 Å². The van der Waals surface area contributed by atoms with E-state index >= 15 is 0 Å². The zero-order valence-corrected chi connectivity index (χ0v) is 9.03. The van der Waals surface area contributed by atoms with Crippen LogP contribution in [0, 0.1) is 0 Å². The van der Waals surface area contributed by atoms with Crippen LogP contribution in [0.2, 0.25) is 0 Å². The molecular weight excluding hydrogens is 214 g/mol. The average Bonchev–Trinajstić information content (AvgIpc) is 2.56. The Kier molecular flexibility index (Phi) is 2.45. The lowest BCUT2D eigenvalue weighted by atomic mass is 10.3. The van der Waals surface area contributed by atoms with Crippen LogP contribution in [0.4, 0.5) is 0 Å². The number of aromatic nitrogens is 2. The van der Waals surface area contributed by atoms with Crippen LogP contribution in [-0.2, 0) is 16.6 Å². The molecule has 0 fully saturated rings. The first-order chi connectivity index (χ1) is 7.04. The predicted octanol–water partition coefficient (Wildman–Crippen LogP) is 0.383. The largest absolute Gasteiger partial charge is 0.241 e. The Hall–Kier alpha value is -1.40. The quantitative estimate of drug-likeness (QED) is 0.821. The van der Waals surface area contributed by atoms with E-state index in [2.05, 4.69) is 9.82 Å². The molecule has 2 aromatic rings. The van der Waals surface area contributed by atoms with E-state index in [1.807, 2.05) is 30.5 Å². The summed E-state index contributed by atoms with van der Waals surface area (Å²) < 4.78 is 25.9. The van der Waals surface area contributed by atoms with Gasteiger partial charge in [-0.2, -0.15) is 5.10 Å². The molecule has 1 N–H and O–H groups in total. The molecule has 80 valence electrons. The summed E-state index contributed by atoms with van der Waals surface area (Å²) in [6.07, 6.45) is 2.95. The Morgan fingerprint density at radius 2 is 2.27 bits per heavy atom. The van der Waals surface area contributed by atoms with Gasteiger partial charge >= 0.3 is 0 Å². The Labute approximate surface area is 87.8 Å². The van der Waals surface area contributed by atoms with E-state index in [1.165, 1.54) is 0 Å². The smallest absolute Gasteiger partial charge is 0.209 e. The highest BCUT2D eigenvalue weighted by Crippen LogP contribution is 2.05. The molecular formula is C9H11N3O2S. The molecule has 0 atom stereocenters. The van der Waals surface area contributed by atoms with Crippen molar-refractivity contribution < 1.29 is 8.42 Å². The van der Waals surface area contributed by atoms with Gasteiger partial charge in [0.15, 0.2) is 0 Å². The Balaban J connectivity index is 2.23. The fraction of sp³-hybridized carbons (Fsp3) is 0.222. The molecule has 0 spiro atoms. The molecule has 0 aromatic carbocycles. The number of pyridine rings is 1. The molecule has 0 aliphatic carbocycles. The van der Waals surface area contributed by atoms with E-state index in [0.29, 0.717) is 5.69 Å². The van der Waals surface area contributed by atoms with Gasteiger partial charge in [0.2, 0.25) is 10.0 Å². The fourth-order valence-corrected chi connectivity index (χ4v) is 1.69. The summed E-state index contributed by atoms with van der Waals surface area (Å²) in [5.74, 6) is 0. The van der Waals surface area contributed by atoms with Crippen molar-refractivity contribution in [3.05, 3.63) is 36.2 Å². The van der Waals surface area contributed by atoms with Gasteiger partial charge in [0.05, 0.1) is 24.0 Å². The third kappa shape index (κ3) is 2.54. The van der Waals surface area contributed by atoms with E-state index in [9.17, 15) is 8.42 Å². The number of rotatable bonds is 3. The van der Waals surface area contributed by atoms with Crippen molar-refractivity contribution in [2.24, 2.45) is 0 Å². The van der Waals surface area contributed by atoms with Crippen LogP contribution in [0.1, 0.15) is 5.69 Å². The number of sulfonamides is 1. The van der Waals surface area contributed by atoms with E-state index in [4.69, 9.17) is 0 Å². The van der Waals surface area contributed by atoms with Crippen LogP contribution in [0.15, 0.2) is 30.5 Å². The summed E-state index contributed by atoms with van der Waals surface area (Å²) in [6, 6.07) is 7.54. The van der Waals surface area contributed by atoms with Gasteiger partial charge in [0.1, 0.15) is 0 Å². The number of nitrogens with one attached hydrogen (secondary N) is 1. The maximum absolute atomic E-state index is 10.9. The zero-order valence-electron chi connectivity index (χ0n) is 8.21. The van der Waals surface area contributed by atoms with Crippen LogP contribution in [-0.4, -0.2) is 24.3 Å². The van der Waals surface area contributed by atoms with Crippen molar-refractivity contribution >= 4 is 15.5 Å². The lowest BCUT2D eigenvalue weighted by molar-refractivity contribution is 0.586. The molecule has 0 saturated carbocycles. The van der Waals surface area contributed by atoms with Crippen LogP contribution in [0.5, 0.6) is 0 Å². The van der Waals surface area contributed by atoms with Gasteiger partial charge in [-0.3, -0.25) is 0 Å². The third-order valence-electron chi connectivity index (χ3n) is 1.94. The average molecular weight is 225 g/mol. The lowest BCUT2D eigenvalue weighted by Crippen LogP contribution is -2.21. The van der Waals surface area contributed by atoms with Crippen LogP contribution in [0.3, 0.4) is 0 Å². The third-order valence-corrected chi connectivity index (χ3v) is 2.60. The SMILES string of the molecule is CS(=O)(=O)NCc1cc2ccccn2n1. The van der Waals surface area contributed by atoms with Gasteiger partial charge in [0.25, 0.3) is 0 Å². The summed E-state index contributed by atoms with van der Waals surface area (Å²) in [6.45, 7) is 0.223. The summed E-state index contributed by atoms with van der Waals surface area (Å²) in [7, 11) is -3.16. The molecule has 0 bridgehead atoms. The fourth-order valence-electron chi connectivity index (χ4n) is 1.28. The van der Waals surface area contributed by atoms with Gasteiger partial charge in [-0.25, -0.2) is 17.7 Å². The Morgan fingerprint density at radius 3 is 2.93 bits per heavy atom. The number of hydrogen-bond donors (Lipinski definition) is 1. The second-order valence-corrected chi connectivity index (χ2v) is 5.13. The van der Waals surface area contributed by atoms with Crippen molar-refractivity contribution in [2.75, 3.05) is 6.26 Å². The molecule has 2 aromatic heterocycles. The van der Waals surface area contributed by atoms with Crippen LogP contribution >= 0.6 is 0 Å². The first-order valence-electron chi connectivity index (χ1n) is 4.42. The number of hydrogen-bond acceptors (Lipinski definition) is 3. The number of nitrogens with zero attached hydrogens (tertiary/aromatic N) is 2. The van der Waals surface area contributed by atoms with Gasteiger partial charge in [-0.1, -0.05) is 6.07 Å². The highest BCUT2D eigenvalue weighted by molar-refractivity contribution is 7.88. The molecule has 0 unspecified atom stereocenters. The standard InChI is InChI=1S/C9H11N3O2S/c1-15(13,14)10-7-8-6-9-4-2-3-5-12(9)11-8/h2-6,10H,7H2,1H3. The normalized spacial score (nSPS) is 12.1. The minimum atomic E-state index is -3.16. The summed E-state index contributed by atoms with van der Waals surface area (Å²) in [5, 5.41) is 4.21. The Morgan fingerprint density at radius 1 is 1.47 bits per heavy atom. The van der Waals surface area contributed by atoms with Crippen molar-refractivity contribution in [1.29, 1.82) is 0 Å². The lowest BCUT2D eigenvalue weighted by Gasteiger charge is -1.96. The van der Waals surface area contributed by atoms with E-state index in [0.717, 1.165) is 11.8 Å². The van der Waals surface area contributed by atoms with Gasteiger partial charge in [-0.15, -0.1) is 0 Å². The molecule has 0 amide bonds. The molecule has 15 heavy (non-hydrogen) atoms. The maximum atomic E-state index is 10.9. The second-order valence-electron chi connectivity index (χ2n) is 3.30. The van der Waals surface area contributed by atoms with Crippen molar-refractivity contribution in [1.82, 2.24) is 14.3 Å². The predicted molar refractivity (Wildman–Crippen MR) is 56.9 cm³/mol. The van der Waals surface area contributed by atoms with Gasteiger partial charge < -0.3 is 0 Å². The van der Waals surface area contributed by atoms with Crippen LogP contribution in [0.25, 0.3) is 5.52 Å². The van der Waals surface area contributed by atoms with Crippen molar-refractivity contribution in [3.63, 3.8) is 0 Å². The molecule has 2 rings (SSSR count). The molecule has 0 aliphatic heterocycles. The second kappa shape index (κ2) is 3.63. The molecule has 6 heteroatoms. The first kappa shape index (κ1) is 10.1. The van der Waals surface area contributed by atoms with E-state index in [1.54, 1.807) is 4.52 Å². The van der Waals surface area contributed by atoms with E-state index in [-0.39, 0.29) is 6.54 Å². The van der Waals surface area contributed by atoms with Crippen LogP contribution < -0.4 is 4.72 Å². The topological polar surface area (TPSA) is 63.5 Å². The zero-order chi connectivity index (χ0) is 10.9. The summed E-state index contributed by atoms with van der Waals surface area (Å²) in [5.41, 5.74) is 1.65. The molecule has 0 saturated heterocycles.